The topological polar surface area (TPSA) is 43.4 Å². The van der Waals surface area contributed by atoms with Crippen LogP contribution in [-0.4, -0.2) is 23.8 Å². The Bertz CT molecular complexity index is 612. The molecule has 0 N–H and O–H groups in total. The largest absolute Gasteiger partial charge is 0.374 e. The van der Waals surface area contributed by atoms with Gasteiger partial charge in [0.05, 0.1) is 12.2 Å². The van der Waals surface area contributed by atoms with Crippen LogP contribution in [-0.2, 0) is 14.3 Å². The van der Waals surface area contributed by atoms with E-state index in [1.807, 2.05) is 0 Å². The molecule has 3 nitrogen and oxygen atoms in total. The predicted octanol–water partition coefficient (Wildman–Crippen LogP) is 3.79. The first-order valence-corrected chi connectivity index (χ1v) is 10.0. The standard InChI is InChI=1S/C21H30O3/c1-11(22)15-6-7-16-14-5-4-12-8-13(23)9-18-21(12,3)19(14)17(24-18)10-20(15,16)2/h12,14-19H,4-10H2,1-3H3/t12-,14-,15+,16-,17+,18+,19+,20+,21+/m0/s1. The van der Waals surface area contributed by atoms with Crippen molar-refractivity contribution in [2.75, 3.05) is 0 Å². The fraction of sp³-hybridized carbons (Fsp3) is 0.905. The van der Waals surface area contributed by atoms with Crippen LogP contribution >= 0.6 is 0 Å². The van der Waals surface area contributed by atoms with E-state index in [1.54, 1.807) is 6.92 Å². The number of hydrogen-bond acceptors (Lipinski definition) is 3. The molecule has 4 saturated carbocycles. The van der Waals surface area contributed by atoms with Crippen molar-refractivity contribution in [2.24, 2.45) is 40.4 Å². The zero-order chi connectivity index (χ0) is 16.9. The van der Waals surface area contributed by atoms with Crippen LogP contribution in [0.15, 0.2) is 0 Å². The molecule has 0 unspecified atom stereocenters. The van der Waals surface area contributed by atoms with Crippen LogP contribution in [0.1, 0.15) is 65.7 Å². The Morgan fingerprint density at radius 1 is 1.12 bits per heavy atom. The van der Waals surface area contributed by atoms with Crippen molar-refractivity contribution in [1.29, 1.82) is 0 Å². The summed E-state index contributed by atoms with van der Waals surface area (Å²) in [5, 5.41) is 0. The number of carbonyl (C=O) groups excluding carboxylic acids is 2. The number of fused-ring (bicyclic) bond motifs is 2. The molecule has 1 saturated heterocycles. The second kappa shape index (κ2) is 4.72. The van der Waals surface area contributed by atoms with Crippen molar-refractivity contribution in [3.05, 3.63) is 0 Å². The maximum Gasteiger partial charge on any atom is 0.135 e. The molecule has 1 aliphatic heterocycles. The molecule has 4 aliphatic carbocycles. The maximum atomic E-state index is 12.3. The summed E-state index contributed by atoms with van der Waals surface area (Å²) in [7, 11) is 0. The maximum absolute atomic E-state index is 12.3. The van der Waals surface area contributed by atoms with Crippen LogP contribution < -0.4 is 0 Å². The summed E-state index contributed by atoms with van der Waals surface area (Å²) >= 11 is 0. The number of carbonyl (C=O) groups is 2. The lowest BCUT2D eigenvalue weighted by Crippen LogP contribution is -2.57. The van der Waals surface area contributed by atoms with Crippen molar-refractivity contribution in [1.82, 2.24) is 0 Å². The highest BCUT2D eigenvalue weighted by Crippen LogP contribution is 2.70. The second-order valence-corrected chi connectivity index (χ2v) is 10.00. The van der Waals surface area contributed by atoms with Gasteiger partial charge in [-0.25, -0.2) is 0 Å². The smallest absolute Gasteiger partial charge is 0.135 e. The summed E-state index contributed by atoms with van der Waals surface area (Å²) in [6.07, 6.45) is 7.60. The monoisotopic (exact) mass is 330 g/mol. The summed E-state index contributed by atoms with van der Waals surface area (Å²) < 4.78 is 6.59. The van der Waals surface area contributed by atoms with Gasteiger partial charge in [-0.2, -0.15) is 0 Å². The van der Waals surface area contributed by atoms with Gasteiger partial charge in [0.15, 0.2) is 0 Å². The van der Waals surface area contributed by atoms with E-state index in [0.717, 1.165) is 19.3 Å². The Morgan fingerprint density at radius 3 is 2.67 bits per heavy atom. The molecule has 3 heteroatoms. The van der Waals surface area contributed by atoms with E-state index >= 15 is 0 Å². The van der Waals surface area contributed by atoms with Crippen molar-refractivity contribution in [3.8, 4) is 0 Å². The zero-order valence-corrected chi connectivity index (χ0v) is 15.2. The molecule has 5 fully saturated rings. The normalized spacial score (nSPS) is 58.3. The average Bonchev–Trinajstić information content (AvgIpc) is 2.98. The van der Waals surface area contributed by atoms with Crippen LogP contribution in [0.2, 0.25) is 0 Å². The van der Waals surface area contributed by atoms with E-state index in [0.29, 0.717) is 41.7 Å². The number of ether oxygens (including phenoxy) is 1. The molecular formula is C21H30O3. The molecule has 0 aromatic heterocycles. The van der Waals surface area contributed by atoms with E-state index in [4.69, 9.17) is 4.74 Å². The molecule has 0 radical (unpaired) electrons. The van der Waals surface area contributed by atoms with E-state index in [-0.39, 0.29) is 29.0 Å². The van der Waals surface area contributed by atoms with Crippen molar-refractivity contribution in [3.63, 3.8) is 0 Å². The van der Waals surface area contributed by atoms with Crippen LogP contribution in [0.4, 0.5) is 0 Å². The van der Waals surface area contributed by atoms with E-state index in [9.17, 15) is 9.59 Å². The first-order chi connectivity index (χ1) is 11.4. The highest BCUT2D eigenvalue weighted by Gasteiger charge is 2.69. The second-order valence-electron chi connectivity index (χ2n) is 10.00. The van der Waals surface area contributed by atoms with Crippen LogP contribution in [0.3, 0.4) is 0 Å². The lowest BCUT2D eigenvalue weighted by atomic mass is 9.44. The van der Waals surface area contributed by atoms with Gasteiger partial charge in [0, 0.05) is 24.2 Å². The third-order valence-electron chi connectivity index (χ3n) is 9.29. The van der Waals surface area contributed by atoms with E-state index in [2.05, 4.69) is 13.8 Å². The summed E-state index contributed by atoms with van der Waals surface area (Å²) in [6.45, 7) is 6.60. The van der Waals surface area contributed by atoms with Gasteiger partial charge in [0.25, 0.3) is 0 Å². The Balaban J connectivity index is 1.56. The number of hydrogen-bond donors (Lipinski definition) is 0. The highest BCUT2D eigenvalue weighted by atomic mass is 16.5. The van der Waals surface area contributed by atoms with Gasteiger partial charge in [0.1, 0.15) is 11.6 Å². The number of Topliss-reactive ketones (excluding diaryl/α,β-unsaturated/α-hetero) is 2. The quantitative estimate of drug-likeness (QED) is 0.734. The van der Waals surface area contributed by atoms with E-state index < -0.39 is 0 Å². The summed E-state index contributed by atoms with van der Waals surface area (Å²) in [5.74, 6) is 3.56. The SMILES string of the molecule is CC(=O)[C@H]1CC[C@H]2[C@@H]3CC[C@H]4CC(=O)C[C@H]5O[C@H](C[C@]12C)[C@@H]3[C@]45C. The molecule has 0 amide bonds. The molecule has 0 aromatic rings. The summed E-state index contributed by atoms with van der Waals surface area (Å²) in [6, 6.07) is 0. The fourth-order valence-corrected chi connectivity index (χ4v) is 8.36. The minimum absolute atomic E-state index is 0.123. The van der Waals surface area contributed by atoms with Gasteiger partial charge >= 0.3 is 0 Å². The van der Waals surface area contributed by atoms with Gasteiger partial charge in [-0.3, -0.25) is 9.59 Å². The first kappa shape index (κ1) is 15.5. The van der Waals surface area contributed by atoms with E-state index in [1.165, 1.54) is 19.3 Å². The minimum Gasteiger partial charge on any atom is -0.374 e. The molecule has 5 aliphatic rings. The van der Waals surface area contributed by atoms with Gasteiger partial charge in [-0.1, -0.05) is 13.8 Å². The lowest BCUT2D eigenvalue weighted by molar-refractivity contribution is -0.137. The van der Waals surface area contributed by atoms with Crippen LogP contribution in [0.25, 0.3) is 0 Å². The zero-order valence-electron chi connectivity index (χ0n) is 15.2. The number of ketones is 2. The third kappa shape index (κ3) is 1.68. The highest BCUT2D eigenvalue weighted by molar-refractivity contribution is 5.81. The lowest BCUT2D eigenvalue weighted by Gasteiger charge is -2.58. The fourth-order valence-electron chi connectivity index (χ4n) is 8.36. The Hall–Kier alpha value is -0.700. The molecule has 0 spiro atoms. The molecule has 132 valence electrons. The Morgan fingerprint density at radius 2 is 1.92 bits per heavy atom. The Kier molecular flexibility index (Phi) is 3.06. The van der Waals surface area contributed by atoms with Crippen LogP contribution in [0, 0.1) is 40.4 Å². The van der Waals surface area contributed by atoms with Crippen molar-refractivity contribution < 1.29 is 14.3 Å². The molecule has 0 bridgehead atoms. The van der Waals surface area contributed by atoms with Crippen LogP contribution in [0.5, 0.6) is 0 Å². The summed E-state index contributed by atoms with van der Waals surface area (Å²) in [4.78, 5) is 24.5. The summed E-state index contributed by atoms with van der Waals surface area (Å²) in [5.41, 5.74) is 0.329. The molecule has 5 rings (SSSR count). The number of rotatable bonds is 1. The van der Waals surface area contributed by atoms with Crippen molar-refractivity contribution in [2.45, 2.75) is 77.9 Å². The Labute approximate surface area is 144 Å². The molecule has 0 aromatic carbocycles. The van der Waals surface area contributed by atoms with Gasteiger partial charge < -0.3 is 4.74 Å². The molecule has 9 atom stereocenters. The molecule has 1 heterocycles. The minimum atomic E-state index is 0.123. The van der Waals surface area contributed by atoms with Crippen molar-refractivity contribution >= 4 is 11.6 Å². The molecule has 24 heavy (non-hydrogen) atoms. The molecular weight excluding hydrogens is 300 g/mol. The third-order valence-corrected chi connectivity index (χ3v) is 9.29. The van der Waals surface area contributed by atoms with Gasteiger partial charge in [0.2, 0.25) is 0 Å². The average molecular weight is 330 g/mol. The first-order valence-electron chi connectivity index (χ1n) is 10.0. The predicted molar refractivity (Wildman–Crippen MR) is 90.3 cm³/mol. The van der Waals surface area contributed by atoms with Gasteiger partial charge in [-0.15, -0.1) is 0 Å². The van der Waals surface area contributed by atoms with Gasteiger partial charge in [-0.05, 0) is 68.1 Å².